The molecule has 0 fully saturated rings. The van der Waals surface area contributed by atoms with Crippen LogP contribution < -0.4 is 5.32 Å². The first-order valence-corrected chi connectivity index (χ1v) is 11.1. The van der Waals surface area contributed by atoms with Crippen LogP contribution in [-0.2, 0) is 25.6 Å². The van der Waals surface area contributed by atoms with Gasteiger partial charge in [0.2, 0.25) is 0 Å². The third-order valence-electron chi connectivity index (χ3n) is 5.80. The number of halogens is 3. The fraction of sp³-hybridized carbons (Fsp3) is 0.269. The van der Waals surface area contributed by atoms with Gasteiger partial charge in [-0.2, -0.15) is 13.2 Å². The van der Waals surface area contributed by atoms with Crippen molar-refractivity contribution in [2.24, 2.45) is 0 Å². The SMILES string of the molecule is O=C(NCCCc1ccccc1)c1ccc2c(n1)CCN(C(=O)c1ccccc1C(F)(F)F)C2. The summed E-state index contributed by atoms with van der Waals surface area (Å²) >= 11 is 0. The van der Waals surface area contributed by atoms with E-state index in [2.05, 4.69) is 10.3 Å². The molecular formula is C26H24F3N3O2. The highest BCUT2D eigenvalue weighted by molar-refractivity contribution is 5.96. The fourth-order valence-corrected chi connectivity index (χ4v) is 4.03. The highest BCUT2D eigenvalue weighted by Crippen LogP contribution is 2.33. The maximum atomic E-state index is 13.3. The zero-order valence-corrected chi connectivity index (χ0v) is 18.4. The smallest absolute Gasteiger partial charge is 0.351 e. The Labute approximate surface area is 195 Å². The lowest BCUT2D eigenvalue weighted by molar-refractivity contribution is -0.138. The summed E-state index contributed by atoms with van der Waals surface area (Å²) in [4.78, 5) is 31.2. The molecule has 1 aromatic heterocycles. The molecule has 4 rings (SSSR count). The average molecular weight is 467 g/mol. The van der Waals surface area contributed by atoms with Gasteiger partial charge >= 0.3 is 6.18 Å². The van der Waals surface area contributed by atoms with Gasteiger partial charge in [0.05, 0.1) is 11.1 Å². The van der Waals surface area contributed by atoms with E-state index in [0.717, 1.165) is 24.5 Å². The number of rotatable bonds is 6. The molecule has 0 radical (unpaired) electrons. The number of nitrogens with one attached hydrogen (secondary N) is 1. The lowest BCUT2D eigenvalue weighted by Gasteiger charge is -2.29. The van der Waals surface area contributed by atoms with Gasteiger partial charge in [-0.25, -0.2) is 4.98 Å². The molecule has 0 unspecified atom stereocenters. The van der Waals surface area contributed by atoms with Crippen LogP contribution in [0.4, 0.5) is 13.2 Å². The molecule has 0 aliphatic carbocycles. The number of carbonyl (C=O) groups is 2. The summed E-state index contributed by atoms with van der Waals surface area (Å²) in [6.07, 6.45) is -2.58. The van der Waals surface area contributed by atoms with Gasteiger partial charge in [0.1, 0.15) is 5.69 Å². The van der Waals surface area contributed by atoms with E-state index in [4.69, 9.17) is 0 Å². The zero-order valence-electron chi connectivity index (χ0n) is 18.4. The molecule has 2 aromatic carbocycles. The summed E-state index contributed by atoms with van der Waals surface area (Å²) in [5, 5.41) is 2.87. The topological polar surface area (TPSA) is 62.3 Å². The lowest BCUT2D eigenvalue weighted by Crippen LogP contribution is -2.37. The Morgan fingerprint density at radius 2 is 1.71 bits per heavy atom. The Hall–Kier alpha value is -3.68. The van der Waals surface area contributed by atoms with E-state index in [1.807, 2.05) is 30.3 Å². The summed E-state index contributed by atoms with van der Waals surface area (Å²) in [7, 11) is 0. The molecule has 0 spiro atoms. The summed E-state index contributed by atoms with van der Waals surface area (Å²) < 4.78 is 39.9. The second-order valence-electron chi connectivity index (χ2n) is 8.17. The van der Waals surface area contributed by atoms with Crippen molar-refractivity contribution in [1.82, 2.24) is 15.2 Å². The van der Waals surface area contributed by atoms with E-state index in [9.17, 15) is 22.8 Å². The standard InChI is InChI=1S/C26H24F3N3O2/c27-26(28,29)21-11-5-4-10-20(21)25(34)32-16-14-22-19(17-32)12-13-23(31-22)24(33)30-15-6-9-18-7-2-1-3-8-18/h1-5,7-8,10-13H,6,9,14-17H2,(H,30,33). The molecule has 1 N–H and O–H groups in total. The number of benzene rings is 2. The minimum atomic E-state index is -4.61. The van der Waals surface area contributed by atoms with Crippen molar-refractivity contribution in [2.45, 2.75) is 32.0 Å². The minimum absolute atomic E-state index is 0.145. The third kappa shape index (κ3) is 5.44. The largest absolute Gasteiger partial charge is 0.417 e. The number of hydrogen-bond acceptors (Lipinski definition) is 3. The number of nitrogens with zero attached hydrogens (tertiary/aromatic N) is 2. The Morgan fingerprint density at radius 1 is 0.971 bits per heavy atom. The molecule has 8 heteroatoms. The third-order valence-corrected chi connectivity index (χ3v) is 5.80. The molecule has 0 saturated heterocycles. The molecule has 2 heterocycles. The van der Waals surface area contributed by atoms with Crippen molar-refractivity contribution in [3.8, 4) is 0 Å². The Bertz CT molecular complexity index is 1180. The van der Waals surface area contributed by atoms with Gasteiger partial charge in [-0.3, -0.25) is 9.59 Å². The van der Waals surface area contributed by atoms with Gasteiger partial charge in [0.25, 0.3) is 11.8 Å². The van der Waals surface area contributed by atoms with Gasteiger partial charge < -0.3 is 10.2 Å². The summed E-state index contributed by atoms with van der Waals surface area (Å²) in [5.41, 5.74) is 1.61. The molecule has 1 aliphatic heterocycles. The lowest BCUT2D eigenvalue weighted by atomic mass is 10.0. The van der Waals surface area contributed by atoms with Crippen LogP contribution in [0.15, 0.2) is 66.7 Å². The average Bonchev–Trinajstić information content (AvgIpc) is 2.85. The number of pyridine rings is 1. The number of alkyl halides is 3. The maximum absolute atomic E-state index is 13.3. The van der Waals surface area contributed by atoms with Crippen LogP contribution in [0.2, 0.25) is 0 Å². The van der Waals surface area contributed by atoms with Gasteiger partial charge in [-0.05, 0) is 42.2 Å². The van der Waals surface area contributed by atoms with Gasteiger partial charge in [0.15, 0.2) is 0 Å². The molecule has 34 heavy (non-hydrogen) atoms. The second-order valence-corrected chi connectivity index (χ2v) is 8.17. The van der Waals surface area contributed by atoms with E-state index in [0.29, 0.717) is 24.4 Å². The van der Waals surface area contributed by atoms with Crippen LogP contribution in [-0.4, -0.2) is 34.8 Å². The molecule has 0 atom stereocenters. The van der Waals surface area contributed by atoms with Crippen molar-refractivity contribution in [3.05, 3.63) is 100 Å². The zero-order chi connectivity index (χ0) is 24.1. The number of hydrogen-bond donors (Lipinski definition) is 1. The number of carbonyl (C=O) groups excluding carboxylic acids is 2. The summed E-state index contributed by atoms with van der Waals surface area (Å²) in [5.74, 6) is -0.938. The van der Waals surface area contributed by atoms with Gasteiger partial charge in [-0.1, -0.05) is 48.5 Å². The van der Waals surface area contributed by atoms with Gasteiger partial charge in [-0.15, -0.1) is 0 Å². The normalized spacial score (nSPS) is 13.3. The van der Waals surface area contributed by atoms with E-state index >= 15 is 0 Å². The first-order valence-electron chi connectivity index (χ1n) is 11.1. The van der Waals surface area contributed by atoms with Crippen LogP contribution in [0.5, 0.6) is 0 Å². The van der Waals surface area contributed by atoms with Gasteiger partial charge in [0, 0.05) is 31.7 Å². The molecule has 3 aromatic rings. The quantitative estimate of drug-likeness (QED) is 0.537. The maximum Gasteiger partial charge on any atom is 0.417 e. The number of aromatic nitrogens is 1. The number of aryl methyl sites for hydroxylation is 1. The van der Waals surface area contributed by atoms with Crippen LogP contribution in [0.3, 0.4) is 0 Å². The fourth-order valence-electron chi connectivity index (χ4n) is 4.03. The minimum Gasteiger partial charge on any atom is -0.351 e. The van der Waals surface area contributed by atoms with Crippen molar-refractivity contribution in [1.29, 1.82) is 0 Å². The highest BCUT2D eigenvalue weighted by atomic mass is 19.4. The van der Waals surface area contributed by atoms with Crippen molar-refractivity contribution < 1.29 is 22.8 Å². The Balaban J connectivity index is 1.37. The van der Waals surface area contributed by atoms with E-state index in [1.165, 1.54) is 28.7 Å². The highest BCUT2D eigenvalue weighted by Gasteiger charge is 2.36. The molecule has 1 aliphatic rings. The van der Waals surface area contributed by atoms with E-state index in [-0.39, 0.29) is 24.6 Å². The van der Waals surface area contributed by atoms with Crippen LogP contribution >= 0.6 is 0 Å². The monoisotopic (exact) mass is 467 g/mol. The Kier molecular flexibility index (Phi) is 6.95. The second kappa shape index (κ2) is 10.1. The summed E-state index contributed by atoms with van der Waals surface area (Å²) in [6.45, 7) is 0.896. The van der Waals surface area contributed by atoms with Crippen molar-refractivity contribution in [3.63, 3.8) is 0 Å². The first kappa shape index (κ1) is 23.5. The first-order chi connectivity index (χ1) is 16.3. The van der Waals surface area contributed by atoms with Crippen molar-refractivity contribution in [2.75, 3.05) is 13.1 Å². The van der Waals surface area contributed by atoms with Crippen molar-refractivity contribution >= 4 is 11.8 Å². The number of amides is 2. The summed E-state index contributed by atoms with van der Waals surface area (Å²) in [6, 6.07) is 18.1. The molecular weight excluding hydrogens is 443 g/mol. The van der Waals surface area contributed by atoms with E-state index in [1.54, 1.807) is 12.1 Å². The molecule has 0 bridgehead atoms. The van der Waals surface area contributed by atoms with E-state index < -0.39 is 17.6 Å². The molecule has 0 saturated carbocycles. The molecule has 176 valence electrons. The van der Waals surface area contributed by atoms with Crippen LogP contribution in [0.1, 0.15) is 49.7 Å². The van der Waals surface area contributed by atoms with Crippen LogP contribution in [0, 0.1) is 0 Å². The predicted molar refractivity (Wildman–Crippen MR) is 121 cm³/mol. The van der Waals surface area contributed by atoms with Crippen LogP contribution in [0.25, 0.3) is 0 Å². The molecule has 5 nitrogen and oxygen atoms in total. The number of fused-ring (bicyclic) bond motifs is 1. The Morgan fingerprint density at radius 3 is 2.47 bits per heavy atom. The predicted octanol–water partition coefficient (Wildman–Crippen LogP) is 4.66. The molecule has 2 amide bonds.